The van der Waals surface area contributed by atoms with Crippen molar-refractivity contribution in [1.29, 1.82) is 0 Å². The summed E-state index contributed by atoms with van der Waals surface area (Å²) in [4.78, 5) is 109. The number of methoxy groups -OCH3 is 5. The fourth-order valence-electron chi connectivity index (χ4n) is 10.8. The summed E-state index contributed by atoms with van der Waals surface area (Å²) in [6.07, 6.45) is 7.32. The standard InChI is InChI=1S/C61H75N5O15/c1-7-41(40-34-50(77-4)56(79-6)51(35-40)78-5)58(71)65-32-17-14-22-45(65)61(74)81-47(27-24-38-25-28-48(75-2)49(33-38)76-3)42-20-12-13-23-46(42)80-37-54(69)63-31-16-11-9-8-10-15-30-62-53(68)36-39-19-18-21-43-55(39)60(73)66(59(43)72)44-26-29-52(67)64-57(44)70/h12-13,18-21,23,25,28,33-35,41,44-45,47H,7-11,14-17,22,24,26-27,29-32,36-37H2,1-6H3,(H,62,68)(H,63,69)(H,64,67,70)/t41-,44?,45-,47+/m0/s1. The Morgan fingerprint density at radius 2 is 1.37 bits per heavy atom. The van der Waals surface area contributed by atoms with Crippen LogP contribution < -0.4 is 44.4 Å². The molecule has 3 N–H and O–H groups in total. The number of ether oxygens (including phenoxy) is 7. The molecule has 3 aliphatic heterocycles. The molecule has 20 heteroatoms. The number of para-hydroxylation sites is 1. The van der Waals surface area contributed by atoms with Gasteiger partial charge >= 0.3 is 5.97 Å². The molecule has 81 heavy (non-hydrogen) atoms. The minimum absolute atomic E-state index is 0.0137. The molecule has 0 saturated carbocycles. The quantitative estimate of drug-likeness (QED) is 0.0279. The Hall–Kier alpha value is -8.16. The number of nitrogens with zero attached hydrogens (tertiary/aromatic N) is 2. The van der Waals surface area contributed by atoms with E-state index in [9.17, 15) is 38.4 Å². The summed E-state index contributed by atoms with van der Waals surface area (Å²) in [5.41, 5.74) is 2.78. The molecule has 4 aromatic rings. The minimum atomic E-state index is -1.09. The van der Waals surface area contributed by atoms with Crippen LogP contribution in [-0.2, 0) is 46.3 Å². The number of hydrogen-bond acceptors (Lipinski definition) is 15. The molecule has 4 atom stereocenters. The van der Waals surface area contributed by atoms with Gasteiger partial charge in [0.05, 0.1) is 59.0 Å². The van der Waals surface area contributed by atoms with Crippen LogP contribution >= 0.6 is 0 Å². The highest BCUT2D eigenvalue weighted by Gasteiger charge is 2.46. The number of piperidine rings is 2. The summed E-state index contributed by atoms with van der Waals surface area (Å²) in [5, 5.41) is 8.02. The Morgan fingerprint density at radius 3 is 2.04 bits per heavy atom. The molecule has 2 fully saturated rings. The van der Waals surface area contributed by atoms with Crippen LogP contribution in [0.4, 0.5) is 0 Å². The molecule has 0 aliphatic carbocycles. The molecule has 0 spiro atoms. The van der Waals surface area contributed by atoms with E-state index in [1.54, 1.807) is 55.5 Å². The van der Waals surface area contributed by atoms with Gasteiger partial charge in [-0.2, -0.15) is 0 Å². The van der Waals surface area contributed by atoms with Gasteiger partial charge in [-0.25, -0.2) is 4.79 Å². The number of nitrogens with one attached hydrogen (secondary N) is 3. The van der Waals surface area contributed by atoms with Crippen molar-refractivity contribution in [2.24, 2.45) is 0 Å². The third-order valence-electron chi connectivity index (χ3n) is 15.0. The van der Waals surface area contributed by atoms with E-state index in [1.165, 1.54) is 27.4 Å². The number of hydrogen-bond donors (Lipinski definition) is 3. The van der Waals surface area contributed by atoms with E-state index in [1.807, 2.05) is 37.3 Å². The molecule has 0 aromatic heterocycles. The van der Waals surface area contributed by atoms with Crippen LogP contribution in [0, 0.1) is 0 Å². The van der Waals surface area contributed by atoms with Crippen LogP contribution in [0.5, 0.6) is 34.5 Å². The number of esters is 1. The number of likely N-dealkylation sites (tertiary alicyclic amines) is 1. The average molecular weight is 1120 g/mol. The number of amides is 7. The smallest absolute Gasteiger partial charge is 0.329 e. The van der Waals surface area contributed by atoms with Gasteiger partial charge in [0.1, 0.15) is 23.9 Å². The van der Waals surface area contributed by atoms with E-state index < -0.39 is 53.7 Å². The van der Waals surface area contributed by atoms with Crippen molar-refractivity contribution in [1.82, 2.24) is 25.8 Å². The Morgan fingerprint density at radius 1 is 0.691 bits per heavy atom. The zero-order valence-electron chi connectivity index (χ0n) is 47.2. The van der Waals surface area contributed by atoms with E-state index in [4.69, 9.17) is 33.2 Å². The second-order valence-electron chi connectivity index (χ2n) is 20.2. The van der Waals surface area contributed by atoms with Gasteiger partial charge < -0.3 is 48.7 Å². The number of aryl methyl sites for hydroxylation is 1. The lowest BCUT2D eigenvalue weighted by molar-refractivity contribution is -0.162. The van der Waals surface area contributed by atoms with Gasteiger partial charge in [-0.3, -0.25) is 43.8 Å². The molecule has 0 bridgehead atoms. The third-order valence-corrected chi connectivity index (χ3v) is 15.0. The number of imide groups is 2. The van der Waals surface area contributed by atoms with E-state index in [0.29, 0.717) is 96.5 Å². The monoisotopic (exact) mass is 1120 g/mol. The fourth-order valence-corrected chi connectivity index (χ4v) is 10.8. The van der Waals surface area contributed by atoms with Crippen molar-refractivity contribution in [3.8, 4) is 34.5 Å². The lowest BCUT2D eigenvalue weighted by Crippen LogP contribution is -2.54. The molecule has 1 unspecified atom stereocenters. The van der Waals surface area contributed by atoms with Gasteiger partial charge in [-0.05, 0) is 111 Å². The fraction of sp³-hybridized carbons (Fsp3) is 0.475. The molecule has 7 amide bonds. The summed E-state index contributed by atoms with van der Waals surface area (Å²) in [6.45, 7) is 2.91. The van der Waals surface area contributed by atoms with Crippen molar-refractivity contribution in [2.75, 3.05) is 61.8 Å². The zero-order valence-corrected chi connectivity index (χ0v) is 47.2. The predicted molar refractivity (Wildman–Crippen MR) is 298 cm³/mol. The molecular weight excluding hydrogens is 1040 g/mol. The summed E-state index contributed by atoms with van der Waals surface area (Å²) < 4.78 is 40.4. The summed E-state index contributed by atoms with van der Waals surface area (Å²) in [7, 11) is 7.69. The first-order chi connectivity index (χ1) is 39.2. The van der Waals surface area contributed by atoms with Crippen LogP contribution in [0.2, 0.25) is 0 Å². The van der Waals surface area contributed by atoms with Gasteiger partial charge in [0.25, 0.3) is 17.7 Å². The highest BCUT2D eigenvalue weighted by molar-refractivity contribution is 6.24. The molecule has 20 nitrogen and oxygen atoms in total. The first-order valence-electron chi connectivity index (χ1n) is 27.9. The Labute approximate surface area is 472 Å². The normalized spacial score (nSPS) is 16.6. The number of carbonyl (C=O) groups is 8. The lowest BCUT2D eigenvalue weighted by atomic mass is 9.91. The third kappa shape index (κ3) is 15.0. The van der Waals surface area contributed by atoms with Crippen LogP contribution in [-0.4, -0.2) is 131 Å². The Bertz CT molecular complexity index is 2900. The summed E-state index contributed by atoms with van der Waals surface area (Å²) >= 11 is 0. The number of fused-ring (bicyclic) bond motifs is 1. The van der Waals surface area contributed by atoms with E-state index >= 15 is 0 Å². The molecule has 0 radical (unpaired) electrons. The minimum Gasteiger partial charge on any atom is -0.493 e. The maximum absolute atomic E-state index is 14.6. The molecule has 2 saturated heterocycles. The van der Waals surface area contributed by atoms with E-state index in [2.05, 4.69) is 16.0 Å². The van der Waals surface area contributed by atoms with Crippen LogP contribution in [0.1, 0.15) is 145 Å². The summed E-state index contributed by atoms with van der Waals surface area (Å²) in [6, 6.07) is 19.1. The molecule has 3 heterocycles. The highest BCUT2D eigenvalue weighted by Crippen LogP contribution is 2.42. The van der Waals surface area contributed by atoms with Gasteiger partial charge in [0, 0.05) is 31.6 Å². The van der Waals surface area contributed by atoms with Crippen molar-refractivity contribution in [2.45, 2.75) is 127 Å². The first kappa shape index (κ1) is 60.5. The molecule has 7 rings (SSSR count). The maximum atomic E-state index is 14.6. The van der Waals surface area contributed by atoms with Crippen molar-refractivity contribution in [3.63, 3.8) is 0 Å². The predicted octanol–water partition coefficient (Wildman–Crippen LogP) is 7.12. The van der Waals surface area contributed by atoms with Gasteiger partial charge in [0.2, 0.25) is 29.4 Å². The van der Waals surface area contributed by atoms with Crippen molar-refractivity contribution < 1.29 is 71.5 Å². The lowest BCUT2D eigenvalue weighted by Gasteiger charge is -2.37. The van der Waals surface area contributed by atoms with Gasteiger partial charge in [-0.1, -0.05) is 69.0 Å². The Balaban J connectivity index is 0.887. The number of carbonyl (C=O) groups excluding carboxylic acids is 8. The van der Waals surface area contributed by atoms with Crippen molar-refractivity contribution in [3.05, 3.63) is 106 Å². The molecule has 3 aliphatic rings. The zero-order chi connectivity index (χ0) is 58.0. The van der Waals surface area contributed by atoms with Crippen LogP contribution in [0.25, 0.3) is 0 Å². The first-order valence-corrected chi connectivity index (χ1v) is 27.9. The van der Waals surface area contributed by atoms with Gasteiger partial charge in [0.15, 0.2) is 29.6 Å². The van der Waals surface area contributed by atoms with E-state index in [0.717, 1.165) is 61.8 Å². The summed E-state index contributed by atoms with van der Waals surface area (Å²) in [5.74, 6) is -1.61. The van der Waals surface area contributed by atoms with Crippen LogP contribution in [0.3, 0.4) is 0 Å². The second kappa shape index (κ2) is 29.3. The SMILES string of the molecule is CC[C@H](C(=O)N1CCCC[C@H]1C(=O)O[C@H](CCc1ccc(OC)c(OC)c1)c1ccccc1OCC(=O)NCCCCCCCCNC(=O)Cc1cccc2c1C(=O)N(C1CCC(=O)NC1=O)C2=O)c1cc(OC)c(OC)c(OC)c1. The molecule has 4 aromatic carbocycles. The maximum Gasteiger partial charge on any atom is 0.329 e. The number of rotatable bonds is 29. The van der Waals surface area contributed by atoms with Crippen molar-refractivity contribution >= 4 is 47.3 Å². The highest BCUT2D eigenvalue weighted by atomic mass is 16.6. The molecular formula is C61H75N5O15. The van der Waals surface area contributed by atoms with Gasteiger partial charge in [-0.15, -0.1) is 0 Å². The average Bonchev–Trinajstić information content (AvgIpc) is 4.00. The number of benzene rings is 4. The van der Waals surface area contributed by atoms with E-state index in [-0.39, 0.29) is 54.7 Å². The molecule has 434 valence electrons. The Kier molecular flexibility index (Phi) is 21.9. The van der Waals surface area contributed by atoms with Crippen LogP contribution in [0.15, 0.2) is 72.8 Å². The second-order valence-corrected chi connectivity index (χ2v) is 20.2. The topological polar surface area (TPSA) is 244 Å². The largest absolute Gasteiger partial charge is 0.493 e. The number of unbranched alkanes of at least 4 members (excludes halogenated alkanes) is 5.